The second kappa shape index (κ2) is 4.65. The van der Waals surface area contributed by atoms with Gasteiger partial charge in [-0.05, 0) is 26.7 Å². The summed E-state index contributed by atoms with van der Waals surface area (Å²) in [6.45, 7) is 3.89. The highest BCUT2D eigenvalue weighted by Gasteiger charge is 2.28. The van der Waals surface area contributed by atoms with Crippen molar-refractivity contribution in [2.45, 2.75) is 44.9 Å². The molecule has 1 aliphatic carbocycles. The molecule has 5 nitrogen and oxygen atoms in total. The van der Waals surface area contributed by atoms with Gasteiger partial charge in [-0.25, -0.2) is 0 Å². The number of hydrogen-bond donors (Lipinski definition) is 1. The van der Waals surface area contributed by atoms with Crippen LogP contribution in [0.4, 0.5) is 0 Å². The Morgan fingerprint density at radius 1 is 1.31 bits per heavy atom. The van der Waals surface area contributed by atoms with Crippen molar-refractivity contribution in [1.82, 2.24) is 9.97 Å². The van der Waals surface area contributed by atoms with Crippen LogP contribution in [0.3, 0.4) is 0 Å². The molecule has 1 heterocycles. The lowest BCUT2D eigenvalue weighted by molar-refractivity contribution is 0.0937. The zero-order chi connectivity index (χ0) is 11.5. The minimum Gasteiger partial charge on any atom is -0.474 e. The Morgan fingerprint density at radius 3 is 2.62 bits per heavy atom. The second-order valence-corrected chi connectivity index (χ2v) is 4.33. The molecule has 5 heteroatoms. The van der Waals surface area contributed by atoms with Gasteiger partial charge in [0.15, 0.2) is 0 Å². The fourth-order valence-electron chi connectivity index (χ4n) is 1.56. The first kappa shape index (κ1) is 11.1. The summed E-state index contributed by atoms with van der Waals surface area (Å²) in [7, 11) is 0. The number of rotatable bonds is 4. The first-order valence-corrected chi connectivity index (χ1v) is 5.54. The maximum absolute atomic E-state index is 5.68. The molecule has 1 aromatic heterocycles. The zero-order valence-corrected chi connectivity index (χ0v) is 9.59. The van der Waals surface area contributed by atoms with E-state index in [4.69, 9.17) is 15.2 Å². The number of aromatic nitrogens is 2. The molecular formula is C11H17N3O2. The van der Waals surface area contributed by atoms with E-state index in [1.807, 2.05) is 13.8 Å². The smallest absolute Gasteiger partial charge is 0.235 e. The number of ether oxygens (including phenoxy) is 2. The van der Waals surface area contributed by atoms with Gasteiger partial charge in [-0.3, -0.25) is 4.98 Å². The summed E-state index contributed by atoms with van der Waals surface area (Å²) < 4.78 is 11.0. The molecule has 88 valence electrons. The van der Waals surface area contributed by atoms with Crippen LogP contribution in [0, 0.1) is 0 Å². The highest BCUT2D eigenvalue weighted by Crippen LogP contribution is 2.23. The van der Waals surface area contributed by atoms with Gasteiger partial charge in [-0.2, -0.15) is 4.98 Å². The van der Waals surface area contributed by atoms with Crippen LogP contribution in [0.1, 0.15) is 26.7 Å². The van der Waals surface area contributed by atoms with Crippen LogP contribution >= 0.6 is 0 Å². The summed E-state index contributed by atoms with van der Waals surface area (Å²) in [4.78, 5) is 8.24. The molecule has 16 heavy (non-hydrogen) atoms. The van der Waals surface area contributed by atoms with Crippen molar-refractivity contribution in [3.8, 4) is 11.8 Å². The third-order valence-corrected chi connectivity index (χ3v) is 2.37. The average Bonchev–Trinajstić information content (AvgIpc) is 2.15. The van der Waals surface area contributed by atoms with Gasteiger partial charge in [0.05, 0.1) is 18.5 Å². The van der Waals surface area contributed by atoms with E-state index in [1.165, 1.54) is 0 Å². The van der Waals surface area contributed by atoms with E-state index < -0.39 is 0 Å². The highest BCUT2D eigenvalue weighted by molar-refractivity contribution is 5.13. The Labute approximate surface area is 95.0 Å². The second-order valence-electron chi connectivity index (χ2n) is 4.33. The summed E-state index contributed by atoms with van der Waals surface area (Å²) >= 11 is 0. The van der Waals surface area contributed by atoms with Gasteiger partial charge >= 0.3 is 0 Å². The molecule has 0 saturated heterocycles. The molecule has 0 atom stereocenters. The lowest BCUT2D eigenvalue weighted by atomic mass is 9.90. The zero-order valence-electron chi connectivity index (χ0n) is 9.59. The van der Waals surface area contributed by atoms with Gasteiger partial charge in [-0.15, -0.1) is 0 Å². The molecule has 0 aromatic carbocycles. The van der Waals surface area contributed by atoms with Crippen LogP contribution in [0.15, 0.2) is 12.4 Å². The lowest BCUT2D eigenvalue weighted by Crippen LogP contribution is -2.43. The first-order chi connectivity index (χ1) is 7.63. The summed E-state index contributed by atoms with van der Waals surface area (Å²) in [6.07, 6.45) is 5.21. The molecule has 1 aliphatic rings. The molecule has 1 aromatic rings. The van der Waals surface area contributed by atoms with Gasteiger partial charge in [-0.1, -0.05) is 0 Å². The third-order valence-electron chi connectivity index (χ3n) is 2.37. The molecule has 2 N–H and O–H groups in total. The fraction of sp³-hybridized carbons (Fsp3) is 0.636. The number of nitrogens with two attached hydrogens (primary N) is 1. The van der Waals surface area contributed by atoms with Gasteiger partial charge < -0.3 is 15.2 Å². The third kappa shape index (κ3) is 2.82. The largest absolute Gasteiger partial charge is 0.474 e. The van der Waals surface area contributed by atoms with Crippen molar-refractivity contribution in [2.75, 3.05) is 0 Å². The van der Waals surface area contributed by atoms with E-state index in [9.17, 15) is 0 Å². The molecule has 1 saturated carbocycles. The predicted octanol–water partition coefficient (Wildman–Crippen LogP) is 1.13. The monoisotopic (exact) mass is 223 g/mol. The van der Waals surface area contributed by atoms with E-state index in [2.05, 4.69) is 9.97 Å². The van der Waals surface area contributed by atoms with E-state index in [-0.39, 0.29) is 18.2 Å². The maximum atomic E-state index is 5.68. The van der Waals surface area contributed by atoms with Crippen LogP contribution in [-0.2, 0) is 0 Å². The van der Waals surface area contributed by atoms with E-state index >= 15 is 0 Å². The van der Waals surface area contributed by atoms with Crippen molar-refractivity contribution in [2.24, 2.45) is 5.73 Å². The Kier molecular flexibility index (Phi) is 3.24. The summed E-state index contributed by atoms with van der Waals surface area (Å²) in [5, 5.41) is 0. The highest BCUT2D eigenvalue weighted by atomic mass is 16.5. The average molecular weight is 223 g/mol. The van der Waals surface area contributed by atoms with Crippen LogP contribution in [0.5, 0.6) is 11.8 Å². The Morgan fingerprint density at radius 2 is 2.00 bits per heavy atom. The first-order valence-electron chi connectivity index (χ1n) is 5.54. The molecule has 0 amide bonds. The van der Waals surface area contributed by atoms with Crippen molar-refractivity contribution >= 4 is 0 Å². The molecule has 0 bridgehead atoms. The van der Waals surface area contributed by atoms with E-state index in [0.717, 1.165) is 12.8 Å². The molecule has 0 aliphatic heterocycles. The molecule has 0 radical (unpaired) electrons. The van der Waals surface area contributed by atoms with Gasteiger partial charge in [0.2, 0.25) is 11.8 Å². The van der Waals surface area contributed by atoms with Gasteiger partial charge in [0.25, 0.3) is 0 Å². The molecule has 2 rings (SSSR count). The number of nitrogens with zero attached hydrogens (tertiary/aromatic N) is 2. The molecule has 0 unspecified atom stereocenters. The fourth-order valence-corrected chi connectivity index (χ4v) is 1.56. The maximum Gasteiger partial charge on any atom is 0.235 e. The quantitative estimate of drug-likeness (QED) is 0.828. The van der Waals surface area contributed by atoms with Gasteiger partial charge in [0, 0.05) is 6.04 Å². The van der Waals surface area contributed by atoms with E-state index in [0.29, 0.717) is 11.8 Å². The summed E-state index contributed by atoms with van der Waals surface area (Å²) in [5.41, 5.74) is 5.68. The van der Waals surface area contributed by atoms with Crippen molar-refractivity contribution < 1.29 is 9.47 Å². The van der Waals surface area contributed by atoms with Crippen LogP contribution in [-0.4, -0.2) is 28.2 Å². The number of hydrogen-bond acceptors (Lipinski definition) is 5. The molecule has 1 fully saturated rings. The standard InChI is InChI=1S/C11H17N3O2/c1-7(2)15-10-5-13-6-11(14-10)16-9-3-8(12)4-9/h5-9H,3-4,12H2,1-2H3. The van der Waals surface area contributed by atoms with Gasteiger partial charge in [0.1, 0.15) is 6.10 Å². The topological polar surface area (TPSA) is 70.3 Å². The van der Waals surface area contributed by atoms with Crippen molar-refractivity contribution in [1.29, 1.82) is 0 Å². The predicted molar refractivity (Wildman–Crippen MR) is 59.4 cm³/mol. The van der Waals surface area contributed by atoms with Crippen LogP contribution in [0.2, 0.25) is 0 Å². The SMILES string of the molecule is CC(C)Oc1cncc(OC2CC(N)C2)n1. The van der Waals surface area contributed by atoms with Crippen molar-refractivity contribution in [3.63, 3.8) is 0 Å². The summed E-state index contributed by atoms with van der Waals surface area (Å²) in [5.74, 6) is 1.01. The minimum absolute atomic E-state index is 0.0849. The lowest BCUT2D eigenvalue weighted by Gasteiger charge is -2.31. The Hall–Kier alpha value is -1.36. The normalized spacial score (nSPS) is 24.0. The molecular weight excluding hydrogens is 206 g/mol. The molecule has 0 spiro atoms. The van der Waals surface area contributed by atoms with Crippen molar-refractivity contribution in [3.05, 3.63) is 12.4 Å². The summed E-state index contributed by atoms with van der Waals surface area (Å²) in [6, 6.07) is 0.271. The Balaban J connectivity index is 1.93. The minimum atomic E-state index is 0.0849. The van der Waals surface area contributed by atoms with E-state index in [1.54, 1.807) is 12.4 Å². The van der Waals surface area contributed by atoms with Crippen LogP contribution < -0.4 is 15.2 Å². The van der Waals surface area contributed by atoms with Crippen LogP contribution in [0.25, 0.3) is 0 Å². The Bertz CT molecular complexity index is 351.